The van der Waals surface area contributed by atoms with Gasteiger partial charge in [-0.2, -0.15) is 4.98 Å². The highest BCUT2D eigenvalue weighted by atomic mass is 16.4. The topological polar surface area (TPSA) is 87.4 Å². The van der Waals surface area contributed by atoms with E-state index in [2.05, 4.69) is 25.2 Å². The van der Waals surface area contributed by atoms with Crippen LogP contribution in [0.4, 0.5) is 17.5 Å². The van der Waals surface area contributed by atoms with Crippen LogP contribution in [0.5, 0.6) is 0 Å². The van der Waals surface area contributed by atoms with Crippen molar-refractivity contribution in [1.82, 2.24) is 15.0 Å². The fourth-order valence-electron chi connectivity index (χ4n) is 4.12. The summed E-state index contributed by atoms with van der Waals surface area (Å²) in [6, 6.07) is 8.00. The van der Waals surface area contributed by atoms with Crippen molar-refractivity contribution in [3.8, 4) is 11.5 Å². The number of hydrogen-bond acceptors (Lipinski definition) is 7. The monoisotopic (exact) mass is 390 g/mol. The summed E-state index contributed by atoms with van der Waals surface area (Å²) in [7, 11) is 1.78. The molecule has 1 amide bonds. The maximum Gasteiger partial charge on any atom is 0.263 e. The third kappa shape index (κ3) is 3.00. The molecule has 0 spiro atoms. The number of oxazole rings is 1. The van der Waals surface area contributed by atoms with Crippen LogP contribution in [0.3, 0.4) is 0 Å². The Balaban J connectivity index is 1.58. The molecule has 1 saturated heterocycles. The van der Waals surface area contributed by atoms with E-state index in [4.69, 9.17) is 4.42 Å². The van der Waals surface area contributed by atoms with Gasteiger partial charge in [0.15, 0.2) is 0 Å². The summed E-state index contributed by atoms with van der Waals surface area (Å²) in [5, 5.41) is 2.97. The number of nitrogens with one attached hydrogen (secondary N) is 1. The average Bonchev–Trinajstić information content (AvgIpc) is 3.37. The number of aromatic nitrogens is 3. The van der Waals surface area contributed by atoms with Crippen LogP contribution in [0.2, 0.25) is 0 Å². The lowest BCUT2D eigenvalue weighted by Gasteiger charge is -2.27. The first-order valence-electron chi connectivity index (χ1n) is 9.80. The van der Waals surface area contributed by atoms with Gasteiger partial charge in [0, 0.05) is 43.6 Å². The van der Waals surface area contributed by atoms with Gasteiger partial charge in [0.1, 0.15) is 17.1 Å². The van der Waals surface area contributed by atoms with Gasteiger partial charge in [-0.25, -0.2) is 9.97 Å². The van der Waals surface area contributed by atoms with Crippen molar-refractivity contribution in [2.45, 2.75) is 25.8 Å². The Kier molecular flexibility index (Phi) is 4.19. The lowest BCUT2D eigenvalue weighted by Crippen LogP contribution is -2.39. The number of amides is 1. The molecule has 1 aromatic carbocycles. The second kappa shape index (κ2) is 6.88. The second-order valence-corrected chi connectivity index (χ2v) is 7.41. The predicted octanol–water partition coefficient (Wildman–Crippen LogP) is 3.11. The summed E-state index contributed by atoms with van der Waals surface area (Å²) < 4.78 is 5.66. The van der Waals surface area contributed by atoms with E-state index in [1.165, 1.54) is 0 Å². The van der Waals surface area contributed by atoms with Crippen LogP contribution in [-0.2, 0) is 0 Å². The summed E-state index contributed by atoms with van der Waals surface area (Å²) in [5.74, 6) is 2.47. The van der Waals surface area contributed by atoms with Crippen molar-refractivity contribution in [2.75, 3.05) is 35.3 Å². The molecule has 0 aliphatic carbocycles. The van der Waals surface area contributed by atoms with Crippen molar-refractivity contribution in [3.05, 3.63) is 48.0 Å². The minimum absolute atomic E-state index is 0.0854. The number of anilines is 3. The van der Waals surface area contributed by atoms with Crippen molar-refractivity contribution in [3.63, 3.8) is 0 Å². The lowest BCUT2D eigenvalue weighted by atomic mass is 10.1. The van der Waals surface area contributed by atoms with Crippen molar-refractivity contribution < 1.29 is 9.21 Å². The number of carbonyl (C=O) groups excluding carboxylic acids is 1. The van der Waals surface area contributed by atoms with Crippen molar-refractivity contribution in [2.24, 2.45) is 0 Å². The van der Waals surface area contributed by atoms with Gasteiger partial charge in [-0.3, -0.25) is 4.79 Å². The Bertz CT molecular complexity index is 1080. The summed E-state index contributed by atoms with van der Waals surface area (Å²) in [4.78, 5) is 30.8. The van der Waals surface area contributed by atoms with E-state index < -0.39 is 0 Å². The molecule has 4 heterocycles. The van der Waals surface area contributed by atoms with Gasteiger partial charge >= 0.3 is 0 Å². The third-order valence-electron chi connectivity index (χ3n) is 5.54. The molecule has 2 aliphatic heterocycles. The number of carbonyl (C=O) groups is 1. The molecule has 0 bridgehead atoms. The Morgan fingerprint density at radius 1 is 1.24 bits per heavy atom. The van der Waals surface area contributed by atoms with Crippen LogP contribution in [0, 0.1) is 6.92 Å². The molecule has 1 atom stereocenters. The lowest BCUT2D eigenvalue weighted by molar-refractivity contribution is 0.0988. The maximum atomic E-state index is 13.5. The zero-order valence-electron chi connectivity index (χ0n) is 16.4. The van der Waals surface area contributed by atoms with E-state index in [0.29, 0.717) is 23.9 Å². The van der Waals surface area contributed by atoms with Gasteiger partial charge in [-0.1, -0.05) is 6.07 Å². The molecule has 8 heteroatoms. The average molecular weight is 390 g/mol. The molecule has 5 rings (SSSR count). The van der Waals surface area contributed by atoms with Crippen molar-refractivity contribution in [1.29, 1.82) is 0 Å². The third-order valence-corrected chi connectivity index (χ3v) is 5.54. The molecule has 0 saturated carbocycles. The zero-order chi connectivity index (χ0) is 20.0. The fraction of sp³-hybridized carbons (Fsp3) is 0.333. The summed E-state index contributed by atoms with van der Waals surface area (Å²) in [6.45, 7) is 3.37. The summed E-state index contributed by atoms with van der Waals surface area (Å²) in [6.07, 6.45) is 5.44. The van der Waals surface area contributed by atoms with E-state index in [1.54, 1.807) is 19.4 Å². The van der Waals surface area contributed by atoms with Crippen LogP contribution in [-0.4, -0.2) is 47.0 Å². The molecular weight excluding hydrogens is 368 g/mol. The van der Waals surface area contributed by atoms with Crippen LogP contribution >= 0.6 is 0 Å². The number of fused-ring (bicyclic) bond motifs is 3. The first kappa shape index (κ1) is 17.7. The van der Waals surface area contributed by atoms with Crippen LogP contribution in [0.15, 0.2) is 41.1 Å². The Morgan fingerprint density at radius 3 is 2.93 bits per heavy atom. The van der Waals surface area contributed by atoms with Gasteiger partial charge in [0.25, 0.3) is 5.91 Å². The molecule has 8 nitrogen and oxygen atoms in total. The highest BCUT2D eigenvalue weighted by molar-refractivity contribution is 6.10. The van der Waals surface area contributed by atoms with Crippen LogP contribution in [0.25, 0.3) is 11.5 Å². The van der Waals surface area contributed by atoms with E-state index >= 15 is 0 Å². The molecule has 0 radical (unpaired) electrons. The zero-order valence-corrected chi connectivity index (χ0v) is 16.4. The molecule has 2 aromatic heterocycles. The van der Waals surface area contributed by atoms with Crippen molar-refractivity contribution >= 4 is 23.4 Å². The largest absolute Gasteiger partial charge is 0.441 e. The number of benzene rings is 1. The van der Waals surface area contributed by atoms with E-state index in [-0.39, 0.29) is 11.9 Å². The van der Waals surface area contributed by atoms with Gasteiger partial charge in [-0.15, -0.1) is 0 Å². The summed E-state index contributed by atoms with van der Waals surface area (Å²) in [5.41, 5.74) is 2.20. The Labute approximate surface area is 168 Å². The molecular formula is C21H22N6O2. The quantitative estimate of drug-likeness (QED) is 0.735. The van der Waals surface area contributed by atoms with Crippen LogP contribution in [0.1, 0.15) is 29.0 Å². The SMILES string of the molecule is CNc1ncc2c(n1)N1CCC[C@H]1CN(c1cccc(-c3ncc(C)o3)c1)C2=O. The van der Waals surface area contributed by atoms with E-state index in [1.807, 2.05) is 36.1 Å². The fourth-order valence-corrected chi connectivity index (χ4v) is 4.12. The van der Waals surface area contributed by atoms with E-state index in [0.717, 1.165) is 42.2 Å². The highest BCUT2D eigenvalue weighted by Crippen LogP contribution is 2.35. The standard InChI is InChI=1S/C21H22N6O2/c1-13-10-23-19(29-13)14-5-3-6-15(9-14)27-12-16-7-4-8-26(16)18-17(20(27)28)11-24-21(22-2)25-18/h3,5-6,9-11,16H,4,7-8,12H2,1-2H3,(H,22,24,25)/t16-/m0/s1. The highest BCUT2D eigenvalue weighted by Gasteiger charge is 2.37. The first-order valence-corrected chi connectivity index (χ1v) is 9.80. The molecule has 2 aliphatic rings. The normalized spacial score (nSPS) is 18.4. The smallest absolute Gasteiger partial charge is 0.263 e. The number of nitrogens with zero attached hydrogens (tertiary/aromatic N) is 5. The number of aryl methyl sites for hydroxylation is 1. The summed E-state index contributed by atoms with van der Waals surface area (Å²) >= 11 is 0. The van der Waals surface area contributed by atoms with E-state index in [9.17, 15) is 4.79 Å². The maximum absolute atomic E-state index is 13.5. The predicted molar refractivity (Wildman–Crippen MR) is 110 cm³/mol. The first-order chi connectivity index (χ1) is 14.1. The van der Waals surface area contributed by atoms with Crippen LogP contribution < -0.4 is 15.1 Å². The molecule has 1 fully saturated rings. The van der Waals surface area contributed by atoms with Gasteiger partial charge in [0.2, 0.25) is 11.8 Å². The molecule has 1 N–H and O–H groups in total. The molecule has 0 unspecified atom stereocenters. The molecule has 29 heavy (non-hydrogen) atoms. The number of hydrogen-bond donors (Lipinski definition) is 1. The Morgan fingerprint density at radius 2 is 2.14 bits per heavy atom. The molecule has 148 valence electrons. The van der Waals surface area contributed by atoms with Gasteiger partial charge < -0.3 is 19.5 Å². The van der Waals surface area contributed by atoms with Gasteiger partial charge in [0.05, 0.1) is 6.20 Å². The van der Waals surface area contributed by atoms with Gasteiger partial charge in [-0.05, 0) is 38.0 Å². The minimum atomic E-state index is -0.0854. The molecule has 3 aromatic rings. The number of rotatable bonds is 3. The minimum Gasteiger partial charge on any atom is -0.441 e. The second-order valence-electron chi connectivity index (χ2n) is 7.41. The Hall–Kier alpha value is -3.42.